The van der Waals surface area contributed by atoms with Gasteiger partial charge in [-0.2, -0.15) is 0 Å². The standard InChI is InChI=1S/C12H15N3O2/c1-8(16)6-9-4-5-11-10(13-9)7-14(2)12(17)15(11)3/h4-5H,6-7H2,1-3H3. The normalized spacial score (nSPS) is 14.9. The number of hydrogen-bond acceptors (Lipinski definition) is 3. The predicted octanol–water partition coefficient (Wildman–Crippen LogP) is 1.21. The quantitative estimate of drug-likeness (QED) is 0.771. The van der Waals surface area contributed by atoms with Gasteiger partial charge >= 0.3 is 6.03 Å². The van der Waals surface area contributed by atoms with Crippen molar-refractivity contribution in [3.63, 3.8) is 0 Å². The van der Waals surface area contributed by atoms with Crippen molar-refractivity contribution >= 4 is 17.5 Å². The van der Waals surface area contributed by atoms with E-state index in [0.717, 1.165) is 17.1 Å². The smallest absolute Gasteiger partial charge is 0.321 e. The van der Waals surface area contributed by atoms with E-state index in [1.54, 1.807) is 36.9 Å². The number of carbonyl (C=O) groups excluding carboxylic acids is 2. The summed E-state index contributed by atoms with van der Waals surface area (Å²) in [6, 6.07) is 3.61. The van der Waals surface area contributed by atoms with Crippen LogP contribution >= 0.6 is 0 Å². The molecule has 5 nitrogen and oxygen atoms in total. The predicted molar refractivity (Wildman–Crippen MR) is 63.9 cm³/mol. The minimum atomic E-state index is -0.0429. The second-order valence-electron chi connectivity index (χ2n) is 4.34. The zero-order valence-corrected chi connectivity index (χ0v) is 10.2. The van der Waals surface area contributed by atoms with Crippen LogP contribution in [0, 0.1) is 0 Å². The molecular formula is C12H15N3O2. The molecule has 2 rings (SSSR count). The van der Waals surface area contributed by atoms with Crippen molar-refractivity contribution in [3.05, 3.63) is 23.5 Å². The van der Waals surface area contributed by atoms with Crippen LogP contribution in [0.2, 0.25) is 0 Å². The number of fused-ring (bicyclic) bond motifs is 1. The molecule has 1 aromatic heterocycles. The van der Waals surface area contributed by atoms with Gasteiger partial charge in [-0.3, -0.25) is 14.7 Å². The van der Waals surface area contributed by atoms with Crippen LogP contribution in [0.15, 0.2) is 12.1 Å². The Morgan fingerprint density at radius 2 is 2.12 bits per heavy atom. The Bertz CT molecular complexity index is 485. The van der Waals surface area contributed by atoms with E-state index in [4.69, 9.17) is 0 Å². The van der Waals surface area contributed by atoms with E-state index in [-0.39, 0.29) is 11.8 Å². The highest BCUT2D eigenvalue weighted by molar-refractivity contribution is 5.93. The summed E-state index contributed by atoms with van der Waals surface area (Å²) < 4.78 is 0. The van der Waals surface area contributed by atoms with Crippen LogP contribution in [0.4, 0.5) is 10.5 Å². The first kappa shape index (κ1) is 11.6. The fourth-order valence-electron chi connectivity index (χ4n) is 1.97. The first-order valence-corrected chi connectivity index (χ1v) is 5.46. The third kappa shape index (κ3) is 2.13. The molecule has 0 N–H and O–H groups in total. The number of urea groups is 1. The van der Waals surface area contributed by atoms with Crippen LogP contribution in [-0.2, 0) is 17.8 Å². The Labute approximate surface area is 100 Å². The van der Waals surface area contributed by atoms with Crippen LogP contribution in [0.1, 0.15) is 18.3 Å². The molecule has 0 bridgehead atoms. The lowest BCUT2D eigenvalue weighted by molar-refractivity contribution is -0.116. The third-order valence-electron chi connectivity index (χ3n) is 2.80. The molecule has 1 aromatic rings. The third-order valence-corrected chi connectivity index (χ3v) is 2.80. The fraction of sp³-hybridized carbons (Fsp3) is 0.417. The van der Waals surface area contributed by atoms with Crippen molar-refractivity contribution < 1.29 is 9.59 Å². The monoisotopic (exact) mass is 233 g/mol. The molecule has 1 aliphatic heterocycles. The second-order valence-corrected chi connectivity index (χ2v) is 4.34. The number of hydrogen-bond donors (Lipinski definition) is 0. The summed E-state index contributed by atoms with van der Waals surface area (Å²) >= 11 is 0. The lowest BCUT2D eigenvalue weighted by Gasteiger charge is -2.31. The largest absolute Gasteiger partial charge is 0.324 e. The van der Waals surface area contributed by atoms with Crippen LogP contribution in [0.3, 0.4) is 0 Å². The van der Waals surface area contributed by atoms with Crippen molar-refractivity contribution in [2.45, 2.75) is 19.9 Å². The first-order chi connectivity index (χ1) is 7.99. The molecule has 0 radical (unpaired) electrons. The zero-order chi connectivity index (χ0) is 12.6. The van der Waals surface area contributed by atoms with Crippen LogP contribution < -0.4 is 4.90 Å². The van der Waals surface area contributed by atoms with Crippen LogP contribution in [0.5, 0.6) is 0 Å². The van der Waals surface area contributed by atoms with E-state index in [0.29, 0.717) is 13.0 Å². The van der Waals surface area contributed by atoms with Crippen LogP contribution in [0.25, 0.3) is 0 Å². The van der Waals surface area contributed by atoms with E-state index in [9.17, 15) is 9.59 Å². The molecule has 0 spiro atoms. The Morgan fingerprint density at radius 1 is 1.41 bits per heavy atom. The van der Waals surface area contributed by atoms with Gasteiger partial charge in [0, 0.05) is 26.2 Å². The van der Waals surface area contributed by atoms with Gasteiger partial charge in [-0.1, -0.05) is 0 Å². The Kier molecular flexibility index (Phi) is 2.83. The molecule has 0 aliphatic carbocycles. The molecule has 5 heteroatoms. The summed E-state index contributed by atoms with van der Waals surface area (Å²) in [6.07, 6.45) is 0.342. The van der Waals surface area contributed by atoms with E-state index in [1.807, 2.05) is 6.07 Å². The van der Waals surface area contributed by atoms with Gasteiger partial charge in [0.1, 0.15) is 5.78 Å². The molecule has 0 atom stereocenters. The van der Waals surface area contributed by atoms with Crippen molar-refractivity contribution in [2.24, 2.45) is 0 Å². The molecule has 0 fully saturated rings. The maximum atomic E-state index is 11.7. The number of nitrogens with zero attached hydrogens (tertiary/aromatic N) is 3. The van der Waals surface area contributed by atoms with E-state index < -0.39 is 0 Å². The lowest BCUT2D eigenvalue weighted by atomic mass is 10.1. The van der Waals surface area contributed by atoms with Crippen LogP contribution in [-0.4, -0.2) is 35.8 Å². The average Bonchev–Trinajstić information content (AvgIpc) is 2.25. The first-order valence-electron chi connectivity index (χ1n) is 5.46. The molecule has 2 heterocycles. The molecule has 0 saturated carbocycles. The number of ketones is 1. The summed E-state index contributed by atoms with van der Waals surface area (Å²) in [6.45, 7) is 2.03. The number of carbonyl (C=O) groups is 2. The number of Topliss-reactive ketones (excluding diaryl/α,β-unsaturated/α-hetero) is 1. The van der Waals surface area contributed by atoms with Crippen molar-refractivity contribution in [3.8, 4) is 0 Å². The number of pyridine rings is 1. The summed E-state index contributed by atoms with van der Waals surface area (Å²) in [5, 5.41) is 0. The van der Waals surface area contributed by atoms with Gasteiger partial charge < -0.3 is 4.90 Å². The Balaban J connectivity index is 2.36. The van der Waals surface area contributed by atoms with Gasteiger partial charge in [0.05, 0.1) is 17.9 Å². The lowest BCUT2D eigenvalue weighted by Crippen LogP contribution is -2.43. The minimum Gasteiger partial charge on any atom is -0.321 e. The average molecular weight is 233 g/mol. The number of amides is 2. The maximum Gasteiger partial charge on any atom is 0.324 e. The van der Waals surface area contributed by atoms with Crippen molar-refractivity contribution in [1.82, 2.24) is 9.88 Å². The fourth-order valence-corrected chi connectivity index (χ4v) is 1.97. The van der Waals surface area contributed by atoms with E-state index in [1.165, 1.54) is 0 Å². The molecule has 17 heavy (non-hydrogen) atoms. The van der Waals surface area contributed by atoms with Crippen molar-refractivity contribution in [1.29, 1.82) is 0 Å². The molecule has 0 aromatic carbocycles. The Hall–Kier alpha value is -1.91. The van der Waals surface area contributed by atoms with Gasteiger partial charge in [0.25, 0.3) is 0 Å². The summed E-state index contributed by atoms with van der Waals surface area (Å²) in [7, 11) is 3.46. The maximum absolute atomic E-state index is 11.7. The highest BCUT2D eigenvalue weighted by atomic mass is 16.2. The molecule has 2 amide bonds. The van der Waals surface area contributed by atoms with Gasteiger partial charge in [-0.25, -0.2) is 4.79 Å². The minimum absolute atomic E-state index is 0.0429. The molecule has 1 aliphatic rings. The van der Waals surface area contributed by atoms with Crippen molar-refractivity contribution in [2.75, 3.05) is 19.0 Å². The molecular weight excluding hydrogens is 218 g/mol. The van der Waals surface area contributed by atoms with Gasteiger partial charge in [-0.05, 0) is 19.1 Å². The second kappa shape index (κ2) is 4.16. The SMILES string of the molecule is CC(=O)Cc1ccc2c(n1)CN(C)C(=O)N2C. The molecule has 0 unspecified atom stereocenters. The van der Waals surface area contributed by atoms with E-state index in [2.05, 4.69) is 4.98 Å². The number of aromatic nitrogens is 1. The zero-order valence-electron chi connectivity index (χ0n) is 10.2. The molecule has 90 valence electrons. The molecule has 0 saturated heterocycles. The summed E-state index contributed by atoms with van der Waals surface area (Å²) in [5.41, 5.74) is 2.42. The van der Waals surface area contributed by atoms with Gasteiger partial charge in [-0.15, -0.1) is 0 Å². The van der Waals surface area contributed by atoms with Gasteiger partial charge in [0.15, 0.2) is 0 Å². The number of rotatable bonds is 2. The van der Waals surface area contributed by atoms with Gasteiger partial charge in [0.2, 0.25) is 0 Å². The number of anilines is 1. The highest BCUT2D eigenvalue weighted by Gasteiger charge is 2.26. The Morgan fingerprint density at radius 3 is 2.76 bits per heavy atom. The summed E-state index contributed by atoms with van der Waals surface area (Å²) in [4.78, 5) is 30.4. The summed E-state index contributed by atoms with van der Waals surface area (Å²) in [5.74, 6) is 0.0889. The van der Waals surface area contributed by atoms with E-state index >= 15 is 0 Å². The highest BCUT2D eigenvalue weighted by Crippen LogP contribution is 2.25. The topological polar surface area (TPSA) is 53.5 Å².